The van der Waals surface area contributed by atoms with Crippen LogP contribution < -0.4 is 0 Å². The minimum atomic E-state index is 0.0471. The van der Waals surface area contributed by atoms with Crippen LogP contribution in [0.2, 0.25) is 5.02 Å². The van der Waals surface area contributed by atoms with Gasteiger partial charge in [0.15, 0.2) is 0 Å². The predicted molar refractivity (Wildman–Crippen MR) is 78.7 cm³/mol. The number of carbonyl (C=O) groups is 1. The number of halogens is 1. The predicted octanol–water partition coefficient (Wildman–Crippen LogP) is 3.78. The third-order valence-corrected chi connectivity index (χ3v) is 4.08. The van der Waals surface area contributed by atoms with Crippen LogP contribution in [0.15, 0.2) is 47.4 Å². The quantitative estimate of drug-likeness (QED) is 0.834. The van der Waals surface area contributed by atoms with Crippen molar-refractivity contribution in [3.63, 3.8) is 0 Å². The molecule has 3 rings (SSSR count). The molecule has 2 nitrogen and oxygen atoms in total. The molecule has 0 aliphatic carbocycles. The molecule has 2 aromatic rings. The van der Waals surface area contributed by atoms with Gasteiger partial charge in [-0.2, -0.15) is 0 Å². The van der Waals surface area contributed by atoms with Gasteiger partial charge in [-0.3, -0.25) is 4.79 Å². The van der Waals surface area contributed by atoms with E-state index in [4.69, 9.17) is 11.6 Å². The third-order valence-electron chi connectivity index (χ3n) is 3.27. The van der Waals surface area contributed by atoms with Crippen molar-refractivity contribution in [3.05, 3.63) is 64.2 Å². The first-order valence-corrected chi connectivity index (χ1v) is 6.82. The van der Waals surface area contributed by atoms with Crippen molar-refractivity contribution in [2.45, 2.75) is 18.0 Å². The highest BCUT2D eigenvalue weighted by molar-refractivity contribution is 7.80. The fourth-order valence-electron chi connectivity index (χ4n) is 2.31. The van der Waals surface area contributed by atoms with Crippen molar-refractivity contribution in [1.82, 2.24) is 4.90 Å². The standard InChI is InChI=1S/C15H12ClNOS/c16-13-6-11-9-17(8-10-4-2-1-3-5-10)15(18)12(11)7-14(13)19/h1-7,19H,8-9H2. The summed E-state index contributed by atoms with van der Waals surface area (Å²) in [5.74, 6) is 0.0471. The lowest BCUT2D eigenvalue weighted by Crippen LogP contribution is -2.23. The first kappa shape index (κ1) is 12.6. The molecule has 0 saturated heterocycles. The largest absolute Gasteiger partial charge is 0.330 e. The summed E-state index contributed by atoms with van der Waals surface area (Å²) in [4.78, 5) is 14.8. The van der Waals surface area contributed by atoms with Crippen molar-refractivity contribution >= 4 is 30.1 Å². The molecule has 19 heavy (non-hydrogen) atoms. The summed E-state index contributed by atoms with van der Waals surface area (Å²) in [6.07, 6.45) is 0. The normalized spacial score (nSPS) is 13.8. The molecule has 96 valence electrons. The number of hydrogen-bond donors (Lipinski definition) is 1. The molecule has 0 N–H and O–H groups in total. The first-order valence-electron chi connectivity index (χ1n) is 6.00. The Bertz CT molecular complexity index is 642. The van der Waals surface area contributed by atoms with Gasteiger partial charge in [0.2, 0.25) is 0 Å². The first-order chi connectivity index (χ1) is 9.15. The number of amides is 1. The zero-order valence-electron chi connectivity index (χ0n) is 10.1. The fraction of sp³-hybridized carbons (Fsp3) is 0.133. The molecule has 0 fully saturated rings. The number of nitrogens with zero attached hydrogens (tertiary/aromatic N) is 1. The smallest absolute Gasteiger partial charge is 0.254 e. The monoisotopic (exact) mass is 289 g/mol. The van der Waals surface area contributed by atoms with E-state index in [1.165, 1.54) is 0 Å². The van der Waals surface area contributed by atoms with E-state index >= 15 is 0 Å². The average Bonchev–Trinajstić information content (AvgIpc) is 2.69. The Morgan fingerprint density at radius 1 is 1.21 bits per heavy atom. The van der Waals surface area contributed by atoms with Gasteiger partial charge in [-0.1, -0.05) is 41.9 Å². The molecular weight excluding hydrogens is 278 g/mol. The van der Waals surface area contributed by atoms with Crippen LogP contribution in [0, 0.1) is 0 Å². The van der Waals surface area contributed by atoms with Crippen molar-refractivity contribution in [2.75, 3.05) is 0 Å². The number of benzene rings is 2. The zero-order chi connectivity index (χ0) is 13.4. The zero-order valence-corrected chi connectivity index (χ0v) is 11.8. The van der Waals surface area contributed by atoms with Crippen LogP contribution in [0.25, 0.3) is 0 Å². The van der Waals surface area contributed by atoms with Crippen LogP contribution in [0.5, 0.6) is 0 Å². The number of fused-ring (bicyclic) bond motifs is 1. The summed E-state index contributed by atoms with van der Waals surface area (Å²) in [7, 11) is 0. The molecule has 0 unspecified atom stereocenters. The van der Waals surface area contributed by atoms with Gasteiger partial charge >= 0.3 is 0 Å². The molecule has 0 radical (unpaired) electrons. The van der Waals surface area contributed by atoms with E-state index in [1.54, 1.807) is 6.07 Å². The Kier molecular flexibility index (Phi) is 3.25. The van der Waals surface area contributed by atoms with Crippen LogP contribution >= 0.6 is 24.2 Å². The molecule has 4 heteroatoms. The SMILES string of the molecule is O=C1c2cc(S)c(Cl)cc2CN1Cc1ccccc1. The van der Waals surface area contributed by atoms with Gasteiger partial charge in [0.05, 0.1) is 5.02 Å². The van der Waals surface area contributed by atoms with Gasteiger partial charge in [0.1, 0.15) is 0 Å². The highest BCUT2D eigenvalue weighted by Gasteiger charge is 2.28. The highest BCUT2D eigenvalue weighted by Crippen LogP contribution is 2.31. The van der Waals surface area contributed by atoms with Crippen LogP contribution in [0.3, 0.4) is 0 Å². The lowest BCUT2D eigenvalue weighted by Gasteiger charge is -2.15. The van der Waals surface area contributed by atoms with E-state index < -0.39 is 0 Å². The summed E-state index contributed by atoms with van der Waals surface area (Å²) in [5, 5.41) is 0.594. The Balaban J connectivity index is 1.87. The number of thiol groups is 1. The third kappa shape index (κ3) is 2.36. The van der Waals surface area contributed by atoms with Crippen LogP contribution in [0.1, 0.15) is 21.5 Å². The van der Waals surface area contributed by atoms with Crippen molar-refractivity contribution in [2.24, 2.45) is 0 Å². The minimum Gasteiger partial charge on any atom is -0.330 e. The van der Waals surface area contributed by atoms with Gasteiger partial charge in [0.25, 0.3) is 5.91 Å². The van der Waals surface area contributed by atoms with Gasteiger partial charge in [0, 0.05) is 23.5 Å². The minimum absolute atomic E-state index is 0.0471. The van der Waals surface area contributed by atoms with Crippen LogP contribution in [-0.2, 0) is 13.1 Å². The number of rotatable bonds is 2. The van der Waals surface area contributed by atoms with E-state index in [9.17, 15) is 4.79 Å². The molecule has 0 spiro atoms. The molecular formula is C15H12ClNOS. The Labute approximate surface area is 122 Å². The lowest BCUT2D eigenvalue weighted by atomic mass is 10.1. The van der Waals surface area contributed by atoms with Crippen molar-refractivity contribution < 1.29 is 4.79 Å². The summed E-state index contributed by atoms with van der Waals surface area (Å²) >= 11 is 10.3. The van der Waals surface area contributed by atoms with E-state index in [0.29, 0.717) is 28.6 Å². The lowest BCUT2D eigenvalue weighted by molar-refractivity contribution is 0.0766. The molecule has 0 saturated carbocycles. The topological polar surface area (TPSA) is 20.3 Å². The van der Waals surface area contributed by atoms with E-state index in [1.807, 2.05) is 41.3 Å². The average molecular weight is 290 g/mol. The Morgan fingerprint density at radius 3 is 2.68 bits per heavy atom. The van der Waals surface area contributed by atoms with E-state index in [0.717, 1.165) is 11.1 Å². The molecule has 0 bridgehead atoms. The molecule has 1 aliphatic heterocycles. The maximum Gasteiger partial charge on any atom is 0.254 e. The van der Waals surface area contributed by atoms with Gasteiger partial charge in [-0.25, -0.2) is 0 Å². The van der Waals surface area contributed by atoms with Gasteiger partial charge in [-0.05, 0) is 23.3 Å². The van der Waals surface area contributed by atoms with Gasteiger partial charge < -0.3 is 4.90 Å². The molecule has 0 atom stereocenters. The maximum absolute atomic E-state index is 12.3. The van der Waals surface area contributed by atoms with E-state index in [-0.39, 0.29) is 5.91 Å². The second-order valence-corrected chi connectivity index (χ2v) is 5.50. The Morgan fingerprint density at radius 2 is 1.95 bits per heavy atom. The van der Waals surface area contributed by atoms with Crippen molar-refractivity contribution in [3.8, 4) is 0 Å². The van der Waals surface area contributed by atoms with Crippen LogP contribution in [0.4, 0.5) is 0 Å². The number of carbonyl (C=O) groups excluding carboxylic acids is 1. The molecule has 1 heterocycles. The fourth-order valence-corrected chi connectivity index (χ4v) is 2.69. The number of hydrogen-bond acceptors (Lipinski definition) is 2. The van der Waals surface area contributed by atoms with Crippen molar-refractivity contribution in [1.29, 1.82) is 0 Å². The Hall–Kier alpha value is -1.45. The maximum atomic E-state index is 12.3. The summed E-state index contributed by atoms with van der Waals surface area (Å²) in [5.41, 5.74) is 2.81. The van der Waals surface area contributed by atoms with Gasteiger partial charge in [-0.15, -0.1) is 12.6 Å². The summed E-state index contributed by atoms with van der Waals surface area (Å²) in [6.45, 7) is 1.23. The molecule has 1 amide bonds. The second-order valence-electron chi connectivity index (χ2n) is 4.61. The van der Waals surface area contributed by atoms with E-state index in [2.05, 4.69) is 12.6 Å². The molecule has 2 aromatic carbocycles. The summed E-state index contributed by atoms with van der Waals surface area (Å²) in [6, 6.07) is 13.6. The highest BCUT2D eigenvalue weighted by atomic mass is 35.5. The summed E-state index contributed by atoms with van der Waals surface area (Å²) < 4.78 is 0. The molecule has 0 aromatic heterocycles. The second kappa shape index (κ2) is 4.91. The van der Waals surface area contributed by atoms with Crippen LogP contribution in [-0.4, -0.2) is 10.8 Å². The molecule has 1 aliphatic rings.